The van der Waals surface area contributed by atoms with Gasteiger partial charge < -0.3 is 5.11 Å². The van der Waals surface area contributed by atoms with E-state index in [1.165, 1.54) is 0 Å². The second-order valence-corrected chi connectivity index (χ2v) is 6.25. The van der Waals surface area contributed by atoms with E-state index in [-0.39, 0.29) is 5.69 Å². The number of carbonyl (C=O) groups is 1. The summed E-state index contributed by atoms with van der Waals surface area (Å²) in [5.41, 5.74) is 2.84. The van der Waals surface area contributed by atoms with Gasteiger partial charge in [-0.05, 0) is 37.3 Å². The number of hydrogen-bond donors (Lipinski definition) is 1. The molecule has 0 aliphatic rings. The molecule has 0 saturated heterocycles. The molecule has 0 fully saturated rings. The van der Waals surface area contributed by atoms with Crippen LogP contribution in [-0.4, -0.2) is 25.0 Å². The zero-order valence-electron chi connectivity index (χ0n) is 12.5. The number of aromatic nitrogens is 3. The van der Waals surface area contributed by atoms with Gasteiger partial charge in [0.25, 0.3) is 0 Å². The smallest absolute Gasteiger partial charge is 0.354 e. The summed E-state index contributed by atoms with van der Waals surface area (Å²) in [6, 6.07) is 12.7. The molecular weight excluding hydrogens is 349 g/mol. The molecule has 4 rings (SSSR count). The minimum atomic E-state index is -1.02. The van der Waals surface area contributed by atoms with Crippen LogP contribution in [0.3, 0.4) is 0 Å². The summed E-state index contributed by atoms with van der Waals surface area (Å²) in [6.45, 7) is 1.68. The van der Waals surface area contributed by atoms with E-state index < -0.39 is 5.97 Å². The third-order valence-corrected chi connectivity index (χ3v) is 4.49. The maximum Gasteiger partial charge on any atom is 0.354 e. The molecule has 120 valence electrons. The fraction of sp³-hybridized carbons (Fsp3) is 0.0588. The lowest BCUT2D eigenvalue weighted by Crippen LogP contribution is -2.03. The lowest BCUT2D eigenvalue weighted by Gasteiger charge is -2.07. The van der Waals surface area contributed by atoms with Crippen molar-refractivity contribution in [1.82, 2.24) is 14.0 Å². The van der Waals surface area contributed by atoms with E-state index in [9.17, 15) is 9.90 Å². The third kappa shape index (κ3) is 2.02. The molecule has 24 heavy (non-hydrogen) atoms. The Morgan fingerprint density at radius 2 is 1.83 bits per heavy atom. The van der Waals surface area contributed by atoms with Gasteiger partial charge in [0.05, 0.1) is 27.4 Å². The molecule has 2 heterocycles. The van der Waals surface area contributed by atoms with Crippen molar-refractivity contribution in [2.45, 2.75) is 6.92 Å². The number of carboxylic acid groups (broad SMARTS) is 1. The zero-order chi connectivity index (χ0) is 17.0. The van der Waals surface area contributed by atoms with E-state index in [1.54, 1.807) is 29.5 Å². The SMILES string of the molecule is Cc1nc2n(-c3ccc(Cl)cc3Cl)c3ccccc3n2c1C(=O)O. The second-order valence-electron chi connectivity index (χ2n) is 5.41. The van der Waals surface area contributed by atoms with Gasteiger partial charge >= 0.3 is 5.97 Å². The van der Waals surface area contributed by atoms with Gasteiger partial charge in [-0.3, -0.25) is 8.97 Å². The van der Waals surface area contributed by atoms with Crippen molar-refractivity contribution in [3.8, 4) is 5.69 Å². The molecule has 0 aliphatic heterocycles. The van der Waals surface area contributed by atoms with Gasteiger partial charge in [-0.2, -0.15) is 0 Å². The van der Waals surface area contributed by atoms with E-state index >= 15 is 0 Å². The highest BCUT2D eigenvalue weighted by Crippen LogP contribution is 2.32. The Kier molecular flexibility index (Phi) is 3.30. The minimum absolute atomic E-state index is 0.144. The Morgan fingerprint density at radius 3 is 2.50 bits per heavy atom. The maximum atomic E-state index is 11.7. The topological polar surface area (TPSA) is 59.5 Å². The predicted octanol–water partition coefficient (Wildman–Crippen LogP) is 4.59. The first-order chi connectivity index (χ1) is 11.5. The molecule has 0 amide bonds. The Hall–Kier alpha value is -2.50. The summed E-state index contributed by atoms with van der Waals surface area (Å²) in [5, 5.41) is 10.6. The summed E-state index contributed by atoms with van der Waals surface area (Å²) in [7, 11) is 0. The first-order valence-corrected chi connectivity index (χ1v) is 7.92. The van der Waals surface area contributed by atoms with Crippen molar-refractivity contribution in [2.75, 3.05) is 0 Å². The molecule has 0 bridgehead atoms. The van der Waals surface area contributed by atoms with Crippen molar-refractivity contribution in [1.29, 1.82) is 0 Å². The number of nitrogens with zero attached hydrogens (tertiary/aromatic N) is 3. The molecule has 0 radical (unpaired) electrons. The summed E-state index contributed by atoms with van der Waals surface area (Å²) in [6.07, 6.45) is 0. The largest absolute Gasteiger partial charge is 0.477 e. The van der Waals surface area contributed by atoms with Crippen LogP contribution in [0.15, 0.2) is 42.5 Å². The number of imidazole rings is 2. The number of hydrogen-bond acceptors (Lipinski definition) is 2. The Balaban J connectivity index is 2.22. The number of aromatic carboxylic acids is 1. The van der Waals surface area contributed by atoms with Crippen molar-refractivity contribution < 1.29 is 9.90 Å². The molecule has 4 aromatic rings. The molecule has 0 atom stereocenters. The van der Waals surface area contributed by atoms with Crippen LogP contribution in [0.4, 0.5) is 0 Å². The molecular formula is C17H11Cl2N3O2. The summed E-state index contributed by atoms with van der Waals surface area (Å²) < 4.78 is 3.48. The molecule has 5 nitrogen and oxygen atoms in total. The highest BCUT2D eigenvalue weighted by Gasteiger charge is 2.23. The highest BCUT2D eigenvalue weighted by molar-refractivity contribution is 6.35. The molecule has 0 saturated carbocycles. The summed E-state index contributed by atoms with van der Waals surface area (Å²) >= 11 is 12.4. The second kappa shape index (κ2) is 5.26. The number of carboxylic acids is 1. The lowest BCUT2D eigenvalue weighted by atomic mass is 10.2. The maximum absolute atomic E-state index is 11.7. The van der Waals surface area contributed by atoms with E-state index in [1.807, 2.05) is 28.8 Å². The van der Waals surface area contributed by atoms with Crippen LogP contribution in [0.25, 0.3) is 22.5 Å². The van der Waals surface area contributed by atoms with Gasteiger partial charge in [0.2, 0.25) is 5.78 Å². The normalized spacial score (nSPS) is 11.5. The average molecular weight is 360 g/mol. The van der Waals surface area contributed by atoms with Gasteiger partial charge in [0, 0.05) is 5.02 Å². The van der Waals surface area contributed by atoms with Gasteiger partial charge in [-0.25, -0.2) is 9.78 Å². The first kappa shape index (κ1) is 15.1. The van der Waals surface area contributed by atoms with Crippen LogP contribution < -0.4 is 0 Å². The monoisotopic (exact) mass is 359 g/mol. The molecule has 2 aromatic heterocycles. The van der Waals surface area contributed by atoms with Crippen molar-refractivity contribution in [3.63, 3.8) is 0 Å². The quantitative estimate of drug-likeness (QED) is 0.569. The van der Waals surface area contributed by atoms with Gasteiger partial charge in [-0.15, -0.1) is 0 Å². The number of rotatable bonds is 2. The predicted molar refractivity (Wildman–Crippen MR) is 93.7 cm³/mol. The molecule has 1 N–H and O–H groups in total. The van der Waals surface area contributed by atoms with Crippen LogP contribution in [0.2, 0.25) is 10.0 Å². The number of fused-ring (bicyclic) bond motifs is 3. The van der Waals surface area contributed by atoms with Gasteiger partial charge in [-0.1, -0.05) is 35.3 Å². The number of halogens is 2. The zero-order valence-corrected chi connectivity index (χ0v) is 14.0. The van der Waals surface area contributed by atoms with E-state index in [2.05, 4.69) is 4.98 Å². The van der Waals surface area contributed by atoms with Gasteiger partial charge in [0.15, 0.2) is 5.69 Å². The van der Waals surface area contributed by atoms with E-state index in [0.717, 1.165) is 11.0 Å². The van der Waals surface area contributed by atoms with Gasteiger partial charge in [0.1, 0.15) is 0 Å². The third-order valence-electron chi connectivity index (χ3n) is 3.95. The Labute approximate surface area is 146 Å². The molecule has 0 spiro atoms. The van der Waals surface area contributed by atoms with Crippen LogP contribution in [0.5, 0.6) is 0 Å². The van der Waals surface area contributed by atoms with Crippen LogP contribution >= 0.6 is 23.2 Å². The lowest BCUT2D eigenvalue weighted by molar-refractivity contribution is 0.0689. The number of para-hydroxylation sites is 2. The van der Waals surface area contributed by atoms with Crippen LogP contribution in [0.1, 0.15) is 16.2 Å². The standard InChI is InChI=1S/C17H11Cl2N3O2/c1-9-15(16(23)24)22-14-5-3-2-4-13(14)21(17(22)20-9)12-7-6-10(18)8-11(12)19/h2-8H,1H3,(H,23,24). The summed E-state index contributed by atoms with van der Waals surface area (Å²) in [4.78, 5) is 16.1. The molecule has 0 unspecified atom stereocenters. The van der Waals surface area contributed by atoms with Crippen molar-refractivity contribution in [2.24, 2.45) is 0 Å². The first-order valence-electron chi connectivity index (χ1n) is 7.16. The average Bonchev–Trinajstić information content (AvgIpc) is 3.01. The molecule has 2 aromatic carbocycles. The summed E-state index contributed by atoms with van der Waals surface area (Å²) in [5.74, 6) is -0.527. The van der Waals surface area contributed by atoms with E-state index in [0.29, 0.717) is 27.2 Å². The van der Waals surface area contributed by atoms with Crippen LogP contribution in [-0.2, 0) is 0 Å². The number of benzene rings is 2. The Morgan fingerprint density at radius 1 is 1.12 bits per heavy atom. The highest BCUT2D eigenvalue weighted by atomic mass is 35.5. The minimum Gasteiger partial charge on any atom is -0.477 e. The van der Waals surface area contributed by atoms with E-state index in [4.69, 9.17) is 23.2 Å². The molecule has 0 aliphatic carbocycles. The fourth-order valence-electron chi connectivity index (χ4n) is 2.99. The fourth-order valence-corrected chi connectivity index (χ4v) is 3.49. The Bertz CT molecular complexity index is 1130. The van der Waals surface area contributed by atoms with Crippen molar-refractivity contribution >= 4 is 46.0 Å². The van der Waals surface area contributed by atoms with Crippen LogP contribution in [0, 0.1) is 6.92 Å². The molecule has 7 heteroatoms. The number of aryl methyl sites for hydroxylation is 1. The van der Waals surface area contributed by atoms with Crippen molar-refractivity contribution in [3.05, 3.63) is 63.9 Å².